The molecule has 0 saturated carbocycles. The quantitative estimate of drug-likeness (QED) is 0.743. The molecule has 1 saturated heterocycles. The van der Waals surface area contributed by atoms with Crippen LogP contribution in [-0.4, -0.2) is 42.1 Å². The van der Waals surface area contributed by atoms with Crippen LogP contribution in [0.1, 0.15) is 20.3 Å². The molecule has 3 atom stereocenters. The molecule has 0 aromatic carbocycles. The average molecular weight is 244 g/mol. The van der Waals surface area contributed by atoms with E-state index in [4.69, 9.17) is 22.7 Å². The second-order valence-corrected chi connectivity index (χ2v) is 5.05. The molecule has 0 aromatic rings. The number of rotatable bonds is 4. The molecule has 0 radical (unpaired) electrons. The fourth-order valence-electron chi connectivity index (χ4n) is 1.82. The van der Waals surface area contributed by atoms with E-state index in [0.29, 0.717) is 24.1 Å². The lowest BCUT2D eigenvalue weighted by Crippen LogP contribution is -2.42. The number of nitrogens with zero attached hydrogens (tertiary/aromatic N) is 1. The van der Waals surface area contributed by atoms with E-state index in [9.17, 15) is 4.79 Å². The molecule has 3 unspecified atom stereocenters. The lowest BCUT2D eigenvalue weighted by atomic mass is 10.0. The third-order valence-electron chi connectivity index (χ3n) is 3.04. The van der Waals surface area contributed by atoms with Crippen LogP contribution in [0.5, 0.6) is 0 Å². The highest BCUT2D eigenvalue weighted by Gasteiger charge is 2.33. The molecule has 1 amide bonds. The lowest BCUT2D eigenvalue weighted by Gasteiger charge is -2.25. The highest BCUT2D eigenvalue weighted by atomic mass is 32.1. The summed E-state index contributed by atoms with van der Waals surface area (Å²) in [6.45, 7) is 5.20. The molecule has 0 aromatic heterocycles. The minimum atomic E-state index is -0.288. The second kappa shape index (κ2) is 5.59. The maximum absolute atomic E-state index is 12.0. The smallest absolute Gasteiger partial charge is 0.251 e. The molecule has 2 N–H and O–H groups in total. The van der Waals surface area contributed by atoms with Gasteiger partial charge in [-0.3, -0.25) is 4.79 Å². The topological polar surface area (TPSA) is 55.6 Å². The minimum absolute atomic E-state index is 0.0353. The van der Waals surface area contributed by atoms with Crippen LogP contribution in [-0.2, 0) is 9.53 Å². The van der Waals surface area contributed by atoms with Crippen molar-refractivity contribution in [2.75, 3.05) is 20.2 Å². The number of amides is 1. The number of thiocarbonyl (C=S) groups is 1. The van der Waals surface area contributed by atoms with Crippen molar-refractivity contribution < 1.29 is 9.53 Å². The third-order valence-corrected chi connectivity index (χ3v) is 3.44. The Labute approximate surface area is 102 Å². The summed E-state index contributed by atoms with van der Waals surface area (Å²) >= 11 is 4.89. The molecular weight excluding hydrogens is 224 g/mol. The van der Waals surface area contributed by atoms with Crippen LogP contribution in [0.2, 0.25) is 0 Å². The fourth-order valence-corrected chi connectivity index (χ4v) is 1.89. The van der Waals surface area contributed by atoms with Gasteiger partial charge in [-0.15, -0.1) is 0 Å². The van der Waals surface area contributed by atoms with Gasteiger partial charge in [0, 0.05) is 26.1 Å². The Morgan fingerprint density at radius 2 is 2.31 bits per heavy atom. The first kappa shape index (κ1) is 13.4. The van der Waals surface area contributed by atoms with Gasteiger partial charge in [0.1, 0.15) is 6.10 Å². The molecule has 1 fully saturated rings. The Morgan fingerprint density at radius 3 is 2.75 bits per heavy atom. The lowest BCUT2D eigenvalue weighted by molar-refractivity contribution is -0.141. The van der Waals surface area contributed by atoms with Gasteiger partial charge < -0.3 is 15.4 Å². The molecule has 1 aliphatic rings. The Morgan fingerprint density at radius 1 is 1.69 bits per heavy atom. The fraction of sp³-hybridized carbons (Fsp3) is 0.818. The van der Waals surface area contributed by atoms with Gasteiger partial charge in [-0.25, -0.2) is 0 Å². The van der Waals surface area contributed by atoms with E-state index in [0.717, 1.165) is 6.42 Å². The highest BCUT2D eigenvalue weighted by molar-refractivity contribution is 7.80. The zero-order valence-electron chi connectivity index (χ0n) is 10.1. The third kappa shape index (κ3) is 3.15. The van der Waals surface area contributed by atoms with E-state index in [-0.39, 0.29) is 17.9 Å². The zero-order valence-corrected chi connectivity index (χ0v) is 10.9. The van der Waals surface area contributed by atoms with Crippen LogP contribution in [0.15, 0.2) is 0 Å². The minimum Gasteiger partial charge on any atom is -0.393 e. The van der Waals surface area contributed by atoms with Crippen LogP contribution in [0.3, 0.4) is 0 Å². The molecule has 1 heterocycles. The van der Waals surface area contributed by atoms with Crippen LogP contribution < -0.4 is 5.73 Å². The van der Waals surface area contributed by atoms with Crippen molar-refractivity contribution in [3.63, 3.8) is 0 Å². The molecule has 92 valence electrons. The van der Waals surface area contributed by atoms with Gasteiger partial charge in [0.05, 0.1) is 4.99 Å². The molecule has 0 aliphatic carbocycles. The molecule has 0 bridgehead atoms. The molecule has 0 spiro atoms. The Balaban J connectivity index is 2.50. The molecular formula is C11H20N2O2S. The number of ether oxygens (including phenoxy) is 1. The Bertz CT molecular complexity index is 283. The van der Waals surface area contributed by atoms with Crippen molar-refractivity contribution in [3.05, 3.63) is 0 Å². The maximum Gasteiger partial charge on any atom is 0.251 e. The number of hydrogen-bond donors (Lipinski definition) is 1. The predicted molar refractivity (Wildman–Crippen MR) is 67.1 cm³/mol. The van der Waals surface area contributed by atoms with E-state index >= 15 is 0 Å². The summed E-state index contributed by atoms with van der Waals surface area (Å²) in [4.78, 5) is 14.1. The molecule has 4 nitrogen and oxygen atoms in total. The van der Waals surface area contributed by atoms with E-state index in [1.165, 1.54) is 0 Å². The molecule has 5 heteroatoms. The van der Waals surface area contributed by atoms with E-state index < -0.39 is 0 Å². The van der Waals surface area contributed by atoms with Crippen molar-refractivity contribution in [1.29, 1.82) is 0 Å². The van der Waals surface area contributed by atoms with Gasteiger partial charge >= 0.3 is 0 Å². The first-order valence-electron chi connectivity index (χ1n) is 5.59. The Kier molecular flexibility index (Phi) is 4.68. The van der Waals surface area contributed by atoms with Gasteiger partial charge in [-0.1, -0.05) is 26.1 Å². The summed E-state index contributed by atoms with van der Waals surface area (Å²) in [6.07, 6.45) is 0.665. The summed E-state index contributed by atoms with van der Waals surface area (Å²) in [5.41, 5.74) is 5.53. The number of hydrogen-bond acceptors (Lipinski definition) is 3. The number of nitrogens with two attached hydrogens (primary N) is 1. The first-order chi connectivity index (χ1) is 7.43. The number of carbonyl (C=O) groups is 1. The first-order valence-corrected chi connectivity index (χ1v) is 6.00. The monoisotopic (exact) mass is 244 g/mol. The molecule has 1 aliphatic heterocycles. The van der Waals surface area contributed by atoms with E-state index in [1.54, 1.807) is 11.9 Å². The van der Waals surface area contributed by atoms with Crippen LogP contribution in [0, 0.1) is 11.8 Å². The van der Waals surface area contributed by atoms with Crippen LogP contribution >= 0.6 is 12.2 Å². The van der Waals surface area contributed by atoms with Crippen molar-refractivity contribution in [3.8, 4) is 0 Å². The van der Waals surface area contributed by atoms with E-state index in [1.807, 2.05) is 13.8 Å². The number of likely N-dealkylation sites (N-methyl/N-ethyl adjacent to an activating group) is 1. The van der Waals surface area contributed by atoms with Crippen molar-refractivity contribution in [1.82, 2.24) is 4.90 Å². The largest absolute Gasteiger partial charge is 0.393 e. The highest BCUT2D eigenvalue weighted by Crippen LogP contribution is 2.21. The summed E-state index contributed by atoms with van der Waals surface area (Å²) in [7, 11) is 1.77. The van der Waals surface area contributed by atoms with Crippen LogP contribution in [0.25, 0.3) is 0 Å². The molecule has 16 heavy (non-hydrogen) atoms. The number of carbonyl (C=O) groups excluding carboxylic acids is 1. The zero-order chi connectivity index (χ0) is 12.3. The molecule has 1 rings (SSSR count). The summed E-state index contributed by atoms with van der Waals surface area (Å²) in [5.74, 6) is 0.379. The van der Waals surface area contributed by atoms with Gasteiger partial charge in [0.2, 0.25) is 0 Å². The SMILES string of the molecule is CC(CN(C)C(=O)C1OCCC1C)C(N)=S. The second-order valence-electron chi connectivity index (χ2n) is 4.58. The normalized spacial score (nSPS) is 26.4. The van der Waals surface area contributed by atoms with Gasteiger partial charge in [0.25, 0.3) is 5.91 Å². The predicted octanol–water partition coefficient (Wildman–Crippen LogP) is 0.792. The Hall–Kier alpha value is -0.680. The van der Waals surface area contributed by atoms with Crippen molar-refractivity contribution >= 4 is 23.1 Å². The summed E-state index contributed by atoms with van der Waals surface area (Å²) in [6, 6.07) is 0. The average Bonchev–Trinajstić information content (AvgIpc) is 2.62. The van der Waals surface area contributed by atoms with E-state index in [2.05, 4.69) is 0 Å². The standard InChI is InChI=1S/C11H20N2O2S/c1-7-4-5-15-9(7)11(14)13(3)6-8(2)10(12)16/h7-9H,4-6H2,1-3H3,(H2,12,16). The summed E-state index contributed by atoms with van der Waals surface area (Å²) in [5, 5.41) is 0. The van der Waals surface area contributed by atoms with Gasteiger partial charge in [-0.2, -0.15) is 0 Å². The van der Waals surface area contributed by atoms with Crippen LogP contribution in [0.4, 0.5) is 0 Å². The maximum atomic E-state index is 12.0. The summed E-state index contributed by atoms with van der Waals surface area (Å²) < 4.78 is 5.43. The van der Waals surface area contributed by atoms with Crippen molar-refractivity contribution in [2.45, 2.75) is 26.4 Å². The van der Waals surface area contributed by atoms with Gasteiger partial charge in [0.15, 0.2) is 0 Å². The van der Waals surface area contributed by atoms with Crippen molar-refractivity contribution in [2.24, 2.45) is 17.6 Å². The van der Waals surface area contributed by atoms with Gasteiger partial charge in [-0.05, 0) is 12.3 Å².